The fourth-order valence-corrected chi connectivity index (χ4v) is 2.71. The summed E-state index contributed by atoms with van der Waals surface area (Å²) < 4.78 is 168. The average molecular weight is 560 g/mol. The van der Waals surface area contributed by atoms with Crippen molar-refractivity contribution in [2.45, 2.75) is 75.1 Å². The standard InChI is InChI=1S/C18H24F12N2O4/c1-3-5-7-31(11(33)34)9-13(19,20)15(23,24)17(27,28)18(29,30)16(25,26)14(21,22)10-32(12(35)36)8-6-4-2/h3-10H2,1-2H3,(H,33,34)(H,35,36). The number of alkyl halides is 12. The molecule has 0 rings (SSSR count). The van der Waals surface area contributed by atoms with Gasteiger partial charge in [-0.25, -0.2) is 9.59 Å². The van der Waals surface area contributed by atoms with Crippen molar-refractivity contribution in [3.63, 3.8) is 0 Å². The number of amides is 2. The summed E-state index contributed by atoms with van der Waals surface area (Å²) in [5.41, 5.74) is 0. The van der Waals surface area contributed by atoms with E-state index in [-0.39, 0.29) is 25.7 Å². The van der Waals surface area contributed by atoms with Crippen LogP contribution in [0.3, 0.4) is 0 Å². The lowest BCUT2D eigenvalue weighted by Gasteiger charge is -2.42. The van der Waals surface area contributed by atoms with Crippen LogP contribution in [0.15, 0.2) is 0 Å². The molecule has 0 aliphatic carbocycles. The first-order valence-corrected chi connectivity index (χ1v) is 10.2. The molecule has 2 N–H and O–H groups in total. The van der Waals surface area contributed by atoms with Crippen LogP contribution in [0.2, 0.25) is 0 Å². The minimum absolute atomic E-state index is 0.0763. The maximum absolute atomic E-state index is 14.0. The first kappa shape index (κ1) is 33.7. The number of hydrogen-bond donors (Lipinski definition) is 2. The number of carbonyl (C=O) groups is 2. The van der Waals surface area contributed by atoms with E-state index in [4.69, 9.17) is 10.2 Å². The molecule has 0 heterocycles. The van der Waals surface area contributed by atoms with Gasteiger partial charge in [0.25, 0.3) is 0 Å². The van der Waals surface area contributed by atoms with Crippen LogP contribution in [0.4, 0.5) is 62.3 Å². The molecule has 0 aromatic heterocycles. The van der Waals surface area contributed by atoms with E-state index in [0.29, 0.717) is 0 Å². The molecule has 36 heavy (non-hydrogen) atoms. The first-order valence-electron chi connectivity index (χ1n) is 10.2. The average Bonchev–Trinajstić information content (AvgIpc) is 2.72. The van der Waals surface area contributed by atoms with Crippen molar-refractivity contribution >= 4 is 12.2 Å². The third kappa shape index (κ3) is 6.33. The van der Waals surface area contributed by atoms with Crippen LogP contribution in [-0.4, -0.2) is 93.9 Å². The van der Waals surface area contributed by atoms with Gasteiger partial charge in [0.05, 0.1) is 13.1 Å². The Labute approximate surface area is 196 Å². The molecule has 0 fully saturated rings. The van der Waals surface area contributed by atoms with Crippen LogP contribution < -0.4 is 0 Å². The molecule has 0 aliphatic heterocycles. The Morgan fingerprint density at radius 3 is 1.00 bits per heavy atom. The highest BCUT2D eigenvalue weighted by Crippen LogP contribution is 2.60. The SMILES string of the molecule is CCCCN(CC(F)(F)C(F)(F)C(F)(F)C(F)(F)C(F)(F)C(F)(F)CN(CCCC)C(=O)O)C(=O)O. The summed E-state index contributed by atoms with van der Waals surface area (Å²) in [6.07, 6.45) is -5.13. The Morgan fingerprint density at radius 2 is 0.806 bits per heavy atom. The second kappa shape index (κ2) is 11.4. The highest BCUT2D eigenvalue weighted by Gasteiger charge is 2.90. The summed E-state index contributed by atoms with van der Waals surface area (Å²) in [5, 5.41) is 17.5. The molecule has 2 amide bonds. The topological polar surface area (TPSA) is 81.1 Å². The maximum atomic E-state index is 14.0. The summed E-state index contributed by atoms with van der Waals surface area (Å²) in [4.78, 5) is 20.7. The van der Waals surface area contributed by atoms with Crippen LogP contribution in [0.5, 0.6) is 0 Å². The van der Waals surface area contributed by atoms with Crippen LogP contribution in [-0.2, 0) is 0 Å². The first-order chi connectivity index (χ1) is 16.0. The Bertz CT molecular complexity index is 702. The zero-order valence-corrected chi connectivity index (χ0v) is 18.8. The monoisotopic (exact) mass is 560 g/mol. The molecule has 0 unspecified atom stereocenters. The molecule has 0 spiro atoms. The van der Waals surface area contributed by atoms with Crippen molar-refractivity contribution in [3.05, 3.63) is 0 Å². The maximum Gasteiger partial charge on any atom is 0.407 e. The molecule has 0 atom stereocenters. The largest absolute Gasteiger partial charge is 0.465 e. The molecular weight excluding hydrogens is 536 g/mol. The van der Waals surface area contributed by atoms with Gasteiger partial charge in [0.1, 0.15) is 0 Å². The summed E-state index contributed by atoms with van der Waals surface area (Å²) in [6.45, 7) is -4.89. The Morgan fingerprint density at radius 1 is 0.556 bits per heavy atom. The molecule has 214 valence electrons. The molecule has 0 aromatic rings. The van der Waals surface area contributed by atoms with Gasteiger partial charge < -0.3 is 20.0 Å². The molecule has 0 aliphatic rings. The number of halogens is 12. The van der Waals surface area contributed by atoms with Gasteiger partial charge in [-0.05, 0) is 12.8 Å². The minimum atomic E-state index is -7.87. The molecule has 0 bridgehead atoms. The molecule has 0 saturated heterocycles. The van der Waals surface area contributed by atoms with E-state index < -0.39 is 83.7 Å². The van der Waals surface area contributed by atoms with E-state index in [1.165, 1.54) is 13.8 Å². The second-order valence-corrected chi connectivity index (χ2v) is 7.82. The predicted molar refractivity (Wildman–Crippen MR) is 98.7 cm³/mol. The summed E-state index contributed by atoms with van der Waals surface area (Å²) >= 11 is 0. The van der Waals surface area contributed by atoms with Crippen LogP contribution in [0.25, 0.3) is 0 Å². The summed E-state index contributed by atoms with van der Waals surface area (Å²) in [5.74, 6) is -43.6. The molecule has 6 nitrogen and oxygen atoms in total. The molecular formula is C18H24F12N2O4. The van der Waals surface area contributed by atoms with E-state index in [1.54, 1.807) is 0 Å². The highest BCUT2D eigenvalue weighted by molar-refractivity contribution is 5.65. The van der Waals surface area contributed by atoms with Gasteiger partial charge in [0.15, 0.2) is 0 Å². The quantitative estimate of drug-likeness (QED) is 0.229. The lowest BCUT2D eigenvalue weighted by Crippen LogP contribution is -2.72. The van der Waals surface area contributed by atoms with Crippen molar-refractivity contribution in [2.24, 2.45) is 0 Å². The van der Waals surface area contributed by atoms with Crippen molar-refractivity contribution in [2.75, 3.05) is 26.2 Å². The lowest BCUT2D eigenvalue weighted by molar-refractivity contribution is -0.425. The smallest absolute Gasteiger partial charge is 0.407 e. The fraction of sp³-hybridized carbons (Fsp3) is 0.889. The van der Waals surface area contributed by atoms with Crippen molar-refractivity contribution in [3.8, 4) is 0 Å². The summed E-state index contributed by atoms with van der Waals surface area (Å²) in [6, 6.07) is 0. The zero-order valence-electron chi connectivity index (χ0n) is 18.8. The molecule has 0 radical (unpaired) electrons. The van der Waals surface area contributed by atoms with Crippen LogP contribution in [0.1, 0.15) is 39.5 Å². The predicted octanol–water partition coefficient (Wildman–Crippen LogP) is 6.36. The van der Waals surface area contributed by atoms with E-state index in [0.717, 1.165) is 0 Å². The Kier molecular flexibility index (Phi) is 10.7. The van der Waals surface area contributed by atoms with Crippen LogP contribution >= 0.6 is 0 Å². The zero-order chi connectivity index (χ0) is 29.0. The third-order valence-electron chi connectivity index (χ3n) is 4.98. The van der Waals surface area contributed by atoms with E-state index in [2.05, 4.69) is 0 Å². The highest BCUT2D eigenvalue weighted by atomic mass is 19.4. The number of carboxylic acid groups (broad SMARTS) is 2. The van der Waals surface area contributed by atoms with Gasteiger partial charge in [-0.2, -0.15) is 52.7 Å². The van der Waals surface area contributed by atoms with Crippen molar-refractivity contribution in [1.82, 2.24) is 9.80 Å². The normalized spacial score (nSPS) is 14.1. The van der Waals surface area contributed by atoms with Gasteiger partial charge in [-0.3, -0.25) is 0 Å². The van der Waals surface area contributed by atoms with Gasteiger partial charge in [0.2, 0.25) is 0 Å². The van der Waals surface area contributed by atoms with E-state index in [1.807, 2.05) is 0 Å². The number of rotatable bonds is 15. The third-order valence-corrected chi connectivity index (χ3v) is 4.98. The second-order valence-electron chi connectivity index (χ2n) is 7.82. The molecule has 18 heteroatoms. The van der Waals surface area contributed by atoms with E-state index >= 15 is 0 Å². The number of nitrogens with zero attached hydrogens (tertiary/aromatic N) is 2. The molecule has 0 saturated carbocycles. The Hall–Kier alpha value is -2.30. The lowest BCUT2D eigenvalue weighted by atomic mass is 9.91. The molecule has 0 aromatic carbocycles. The van der Waals surface area contributed by atoms with Crippen molar-refractivity contribution in [1.29, 1.82) is 0 Å². The van der Waals surface area contributed by atoms with Gasteiger partial charge in [-0.1, -0.05) is 26.7 Å². The van der Waals surface area contributed by atoms with Gasteiger partial charge in [-0.15, -0.1) is 0 Å². The van der Waals surface area contributed by atoms with Gasteiger partial charge >= 0.3 is 47.7 Å². The van der Waals surface area contributed by atoms with Gasteiger partial charge in [0, 0.05) is 13.1 Å². The van der Waals surface area contributed by atoms with Crippen LogP contribution in [0, 0.1) is 0 Å². The van der Waals surface area contributed by atoms with Crippen molar-refractivity contribution < 1.29 is 72.5 Å². The van der Waals surface area contributed by atoms with E-state index in [9.17, 15) is 62.3 Å². The summed E-state index contributed by atoms with van der Waals surface area (Å²) in [7, 11) is 0. The number of hydrogen-bond acceptors (Lipinski definition) is 2. The minimum Gasteiger partial charge on any atom is -0.465 e. The fourth-order valence-electron chi connectivity index (χ4n) is 2.71. The number of unbranched alkanes of at least 4 members (excludes halogenated alkanes) is 2. The Balaban J connectivity index is 6.35.